The molecular weight excluding hydrogens is 478 g/mol. The van der Waals surface area contributed by atoms with Crippen LogP contribution in [0, 0.1) is 0 Å². The van der Waals surface area contributed by atoms with Gasteiger partial charge in [-0.3, -0.25) is 25.2 Å². The predicted octanol–water partition coefficient (Wildman–Crippen LogP) is 6.27. The molecule has 0 radical (unpaired) electrons. The van der Waals surface area contributed by atoms with Crippen molar-refractivity contribution in [3.63, 3.8) is 0 Å². The maximum atomic E-state index is 12.7. The molecular formula is C31H37N3O4. The number of rotatable bonds is 10. The zero-order valence-electron chi connectivity index (χ0n) is 22.6. The van der Waals surface area contributed by atoms with Gasteiger partial charge in [0.2, 0.25) is 0 Å². The van der Waals surface area contributed by atoms with E-state index in [0.717, 1.165) is 31.2 Å². The van der Waals surface area contributed by atoms with Gasteiger partial charge >= 0.3 is 0 Å². The van der Waals surface area contributed by atoms with Crippen LogP contribution in [0.2, 0.25) is 0 Å². The van der Waals surface area contributed by atoms with Crippen LogP contribution < -0.4 is 20.9 Å². The summed E-state index contributed by atoms with van der Waals surface area (Å²) in [6, 6.07) is 20.9. The van der Waals surface area contributed by atoms with Gasteiger partial charge in [-0.1, -0.05) is 71.2 Å². The van der Waals surface area contributed by atoms with E-state index in [0.29, 0.717) is 34.7 Å². The first-order valence-corrected chi connectivity index (χ1v) is 13.0. The Balaban J connectivity index is 1.52. The molecule has 0 aliphatic heterocycles. The van der Waals surface area contributed by atoms with Gasteiger partial charge in [-0.2, -0.15) is 0 Å². The molecule has 3 amide bonds. The number of para-hydroxylation sites is 1. The Bertz CT molecular complexity index is 1230. The number of carbonyl (C=O) groups excluding carboxylic acids is 3. The Labute approximate surface area is 225 Å². The van der Waals surface area contributed by atoms with Crippen LogP contribution in [0.15, 0.2) is 72.8 Å². The molecule has 38 heavy (non-hydrogen) atoms. The van der Waals surface area contributed by atoms with E-state index in [2.05, 4.69) is 43.9 Å². The van der Waals surface area contributed by atoms with E-state index in [9.17, 15) is 14.4 Å². The van der Waals surface area contributed by atoms with Crippen molar-refractivity contribution >= 4 is 23.4 Å². The summed E-state index contributed by atoms with van der Waals surface area (Å²) in [4.78, 5) is 37.8. The molecule has 0 bridgehead atoms. The van der Waals surface area contributed by atoms with Crippen molar-refractivity contribution in [1.29, 1.82) is 0 Å². The minimum Gasteiger partial charge on any atom is -0.493 e. The van der Waals surface area contributed by atoms with Crippen molar-refractivity contribution in [3.05, 3.63) is 95.1 Å². The Morgan fingerprint density at radius 2 is 1.32 bits per heavy atom. The molecule has 0 fully saturated rings. The summed E-state index contributed by atoms with van der Waals surface area (Å²) in [5.41, 5.74) is 7.81. The third-order valence-corrected chi connectivity index (χ3v) is 6.09. The van der Waals surface area contributed by atoms with Gasteiger partial charge in [-0.15, -0.1) is 0 Å². The number of hydrogen-bond donors (Lipinski definition) is 3. The highest BCUT2D eigenvalue weighted by Gasteiger charge is 2.16. The molecule has 0 spiro atoms. The highest BCUT2D eigenvalue weighted by Crippen LogP contribution is 2.23. The van der Waals surface area contributed by atoms with Crippen LogP contribution in [0.25, 0.3) is 0 Å². The summed E-state index contributed by atoms with van der Waals surface area (Å²) in [6.07, 6.45) is 4.28. The molecule has 3 aromatic rings. The summed E-state index contributed by atoms with van der Waals surface area (Å²) in [5, 5.41) is 2.83. The third-order valence-electron chi connectivity index (χ3n) is 6.09. The van der Waals surface area contributed by atoms with Crippen LogP contribution in [-0.4, -0.2) is 24.3 Å². The molecule has 3 N–H and O–H groups in total. The fourth-order valence-corrected chi connectivity index (χ4v) is 3.77. The monoisotopic (exact) mass is 515 g/mol. The molecule has 0 aromatic heterocycles. The first kappa shape index (κ1) is 28.4. The second kappa shape index (κ2) is 13.4. The largest absolute Gasteiger partial charge is 0.493 e. The fraction of sp³-hybridized carbons (Fsp3) is 0.323. The lowest BCUT2D eigenvalue weighted by atomic mass is 9.87. The van der Waals surface area contributed by atoms with Gasteiger partial charge in [0.05, 0.1) is 12.2 Å². The molecule has 0 unspecified atom stereocenters. The lowest BCUT2D eigenvalue weighted by Crippen LogP contribution is -2.41. The van der Waals surface area contributed by atoms with Crippen LogP contribution in [0.3, 0.4) is 0 Å². The maximum Gasteiger partial charge on any atom is 0.273 e. The first-order valence-electron chi connectivity index (χ1n) is 13.0. The molecule has 0 saturated carbocycles. The van der Waals surface area contributed by atoms with Gasteiger partial charge in [0.15, 0.2) is 0 Å². The second-order valence-electron chi connectivity index (χ2n) is 10.2. The smallest absolute Gasteiger partial charge is 0.273 e. The Kier molecular flexibility index (Phi) is 10.0. The number of hydrazine groups is 1. The van der Waals surface area contributed by atoms with Crippen LogP contribution in [-0.2, 0) is 5.41 Å². The number of benzene rings is 3. The molecule has 0 heterocycles. The van der Waals surface area contributed by atoms with Crippen LogP contribution in [0.1, 0.15) is 90.0 Å². The van der Waals surface area contributed by atoms with Gasteiger partial charge in [0, 0.05) is 16.8 Å². The van der Waals surface area contributed by atoms with Crippen molar-refractivity contribution in [2.75, 3.05) is 11.9 Å². The van der Waals surface area contributed by atoms with E-state index >= 15 is 0 Å². The molecule has 0 atom stereocenters. The van der Waals surface area contributed by atoms with Crippen LogP contribution in [0.4, 0.5) is 5.69 Å². The minimum atomic E-state index is -0.480. The van der Waals surface area contributed by atoms with Crippen molar-refractivity contribution in [3.8, 4) is 5.75 Å². The zero-order valence-corrected chi connectivity index (χ0v) is 22.6. The lowest BCUT2D eigenvalue weighted by Gasteiger charge is -2.19. The van der Waals surface area contributed by atoms with Crippen LogP contribution in [0.5, 0.6) is 5.75 Å². The summed E-state index contributed by atoms with van der Waals surface area (Å²) < 4.78 is 5.79. The third kappa shape index (κ3) is 8.20. The molecule has 3 aromatic carbocycles. The summed E-state index contributed by atoms with van der Waals surface area (Å²) in [6.45, 7) is 9.04. The van der Waals surface area contributed by atoms with Crippen LogP contribution >= 0.6 is 0 Å². The molecule has 200 valence electrons. The van der Waals surface area contributed by atoms with Gasteiger partial charge in [0.25, 0.3) is 17.7 Å². The number of anilines is 1. The van der Waals surface area contributed by atoms with Crippen molar-refractivity contribution in [1.82, 2.24) is 10.9 Å². The number of amides is 3. The SMILES string of the molecule is CCCCCCOc1ccccc1C(=O)NNC(=O)c1ccc(NC(=O)c2ccc(C(C)(C)C)cc2)cc1. The van der Waals surface area contributed by atoms with Crippen molar-refractivity contribution < 1.29 is 19.1 Å². The van der Waals surface area contributed by atoms with Gasteiger partial charge in [0.1, 0.15) is 5.75 Å². The zero-order chi connectivity index (χ0) is 27.5. The van der Waals surface area contributed by atoms with E-state index in [1.54, 1.807) is 60.7 Å². The number of carbonyl (C=O) groups is 3. The standard InChI is InChI=1S/C31H37N3O4/c1-5-6-7-10-21-38-27-12-9-8-11-26(27)30(37)34-33-29(36)23-15-19-25(20-16-23)32-28(35)22-13-17-24(18-14-22)31(2,3)4/h8-9,11-20H,5-7,10,21H2,1-4H3,(H,32,35)(H,33,36)(H,34,37). The Morgan fingerprint density at radius 3 is 1.97 bits per heavy atom. The molecule has 0 aliphatic carbocycles. The molecule has 0 aliphatic rings. The van der Waals surface area contributed by atoms with Crippen molar-refractivity contribution in [2.45, 2.75) is 58.8 Å². The van der Waals surface area contributed by atoms with E-state index in [4.69, 9.17) is 4.74 Å². The number of nitrogens with one attached hydrogen (secondary N) is 3. The maximum absolute atomic E-state index is 12.7. The number of hydrogen-bond acceptors (Lipinski definition) is 4. The molecule has 7 heteroatoms. The average Bonchev–Trinajstić information content (AvgIpc) is 2.91. The predicted molar refractivity (Wildman–Crippen MR) is 151 cm³/mol. The first-order chi connectivity index (χ1) is 18.2. The number of unbranched alkanes of at least 4 members (excludes halogenated alkanes) is 3. The van der Waals surface area contributed by atoms with E-state index in [1.165, 1.54) is 0 Å². The molecule has 7 nitrogen and oxygen atoms in total. The summed E-state index contributed by atoms with van der Waals surface area (Å²) >= 11 is 0. The molecule has 0 saturated heterocycles. The Morgan fingerprint density at radius 1 is 0.711 bits per heavy atom. The van der Waals surface area contributed by atoms with Gasteiger partial charge in [-0.25, -0.2) is 0 Å². The summed E-state index contributed by atoms with van der Waals surface area (Å²) in [5.74, 6) is -0.708. The van der Waals surface area contributed by atoms with Crippen molar-refractivity contribution in [2.24, 2.45) is 0 Å². The van der Waals surface area contributed by atoms with E-state index < -0.39 is 11.8 Å². The minimum absolute atomic E-state index is 0.00985. The highest BCUT2D eigenvalue weighted by atomic mass is 16.5. The molecule has 3 rings (SSSR count). The summed E-state index contributed by atoms with van der Waals surface area (Å²) in [7, 11) is 0. The lowest BCUT2D eigenvalue weighted by molar-refractivity contribution is 0.0844. The van der Waals surface area contributed by atoms with E-state index in [1.807, 2.05) is 12.1 Å². The Hall–Kier alpha value is -4.13. The highest BCUT2D eigenvalue weighted by molar-refractivity contribution is 6.05. The quantitative estimate of drug-likeness (QED) is 0.219. The normalized spacial score (nSPS) is 10.9. The number of ether oxygens (including phenoxy) is 1. The average molecular weight is 516 g/mol. The second-order valence-corrected chi connectivity index (χ2v) is 10.2. The van der Waals surface area contributed by atoms with Gasteiger partial charge < -0.3 is 10.1 Å². The topological polar surface area (TPSA) is 96.5 Å². The fourth-order valence-electron chi connectivity index (χ4n) is 3.77. The van der Waals surface area contributed by atoms with Gasteiger partial charge in [-0.05, 0) is 65.9 Å². The van der Waals surface area contributed by atoms with E-state index in [-0.39, 0.29) is 11.3 Å².